The number of nitrogens with zero attached hydrogens (tertiary/aromatic N) is 1. The fourth-order valence-corrected chi connectivity index (χ4v) is 2.17. The number of anilines is 2. The molecule has 0 bridgehead atoms. The van der Waals surface area contributed by atoms with Gasteiger partial charge in [-0.05, 0) is 51.7 Å². The number of carbonyl (C=O) groups is 1. The van der Waals surface area contributed by atoms with Crippen molar-refractivity contribution in [2.45, 2.75) is 18.5 Å². The Morgan fingerprint density at radius 3 is 2.78 bits per heavy atom. The van der Waals surface area contributed by atoms with E-state index in [1.54, 1.807) is 0 Å². The van der Waals surface area contributed by atoms with E-state index < -0.39 is 5.66 Å². The summed E-state index contributed by atoms with van der Waals surface area (Å²) in [5.74, 6) is -0.377. The molecule has 5 nitrogen and oxygen atoms in total. The molecule has 1 aliphatic heterocycles. The molecule has 0 saturated heterocycles. The summed E-state index contributed by atoms with van der Waals surface area (Å²) in [4.78, 5) is 13.8. The third-order valence-electron chi connectivity index (χ3n) is 3.14. The molecule has 1 aromatic carbocycles. The molecule has 4 N–H and O–H groups in total. The van der Waals surface area contributed by atoms with Crippen molar-refractivity contribution in [3.8, 4) is 0 Å². The monoisotopic (exact) mass is 247 g/mol. The van der Waals surface area contributed by atoms with Crippen molar-refractivity contribution in [2.75, 3.05) is 31.3 Å². The number of nitrogens with one attached hydrogen (secondary N) is 2. The zero-order valence-electron chi connectivity index (χ0n) is 10.8. The molecule has 18 heavy (non-hydrogen) atoms. The molecule has 5 heteroatoms. The summed E-state index contributed by atoms with van der Waals surface area (Å²) in [6.07, 6.45) is 1.53. The van der Waals surface area contributed by atoms with Gasteiger partial charge in [0.2, 0.25) is 0 Å². The Hall–Kier alpha value is -1.75. The topological polar surface area (TPSA) is 70.4 Å². The van der Waals surface area contributed by atoms with Crippen LogP contribution in [0.25, 0.3) is 0 Å². The summed E-state index contributed by atoms with van der Waals surface area (Å²) in [5, 5.41) is 6.38. The first kappa shape index (κ1) is 12.7. The molecular formula is C13H19N4O. The number of primary amides is 1. The Bertz CT molecular complexity index is 419. The van der Waals surface area contributed by atoms with Crippen LogP contribution in [0, 0.1) is 6.07 Å². The minimum absolute atomic E-state index is 0.377. The van der Waals surface area contributed by atoms with Crippen LogP contribution >= 0.6 is 0 Å². The van der Waals surface area contributed by atoms with Crippen molar-refractivity contribution in [2.24, 2.45) is 5.73 Å². The molecule has 1 amide bonds. The molecule has 0 aliphatic carbocycles. The van der Waals surface area contributed by atoms with E-state index >= 15 is 0 Å². The normalized spacial score (nSPS) is 15.9. The SMILES string of the molecule is CN(C)CCCC1(C(N)=O)Nc2c[c]ccc2N1. The zero-order valence-corrected chi connectivity index (χ0v) is 10.8. The third-order valence-corrected chi connectivity index (χ3v) is 3.14. The molecule has 0 aromatic heterocycles. The standard InChI is InChI=1S/C13H19N4O/c1-17(2)9-5-8-13(12(14)18)15-10-6-3-4-7-11(10)16-13/h3,6-7,15-16H,5,8-9H2,1-2H3,(H2,14,18). The summed E-state index contributed by atoms with van der Waals surface area (Å²) in [7, 11) is 4.02. The Balaban J connectivity index is 2.10. The number of hydrogen-bond acceptors (Lipinski definition) is 4. The van der Waals surface area contributed by atoms with Gasteiger partial charge in [-0.2, -0.15) is 0 Å². The van der Waals surface area contributed by atoms with Crippen LogP contribution in [0.3, 0.4) is 0 Å². The summed E-state index contributed by atoms with van der Waals surface area (Å²) >= 11 is 0. The maximum Gasteiger partial charge on any atom is 0.263 e. The van der Waals surface area contributed by atoms with E-state index in [9.17, 15) is 4.79 Å². The summed E-state index contributed by atoms with van der Waals surface area (Å²) in [6.45, 7) is 0.918. The number of amides is 1. The molecule has 0 fully saturated rings. The first-order valence-corrected chi connectivity index (χ1v) is 6.05. The molecule has 0 saturated carbocycles. The highest BCUT2D eigenvalue weighted by Crippen LogP contribution is 2.35. The lowest BCUT2D eigenvalue weighted by Crippen LogP contribution is -2.53. The Labute approximate surface area is 107 Å². The smallest absolute Gasteiger partial charge is 0.263 e. The first-order valence-electron chi connectivity index (χ1n) is 6.05. The maximum absolute atomic E-state index is 11.7. The minimum Gasteiger partial charge on any atom is -0.366 e. The van der Waals surface area contributed by atoms with E-state index in [0.717, 1.165) is 24.3 Å². The largest absolute Gasteiger partial charge is 0.366 e. The molecule has 1 radical (unpaired) electrons. The summed E-state index contributed by atoms with van der Waals surface area (Å²) in [6, 6.07) is 8.50. The Kier molecular flexibility index (Phi) is 3.43. The van der Waals surface area contributed by atoms with Crippen molar-refractivity contribution in [3.63, 3.8) is 0 Å². The number of rotatable bonds is 5. The second-order valence-electron chi connectivity index (χ2n) is 4.90. The maximum atomic E-state index is 11.7. The molecule has 97 valence electrons. The van der Waals surface area contributed by atoms with Crippen LogP contribution in [-0.4, -0.2) is 37.1 Å². The Morgan fingerprint density at radius 2 is 2.17 bits per heavy atom. The Morgan fingerprint density at radius 1 is 1.44 bits per heavy atom. The van der Waals surface area contributed by atoms with Crippen LogP contribution in [0.5, 0.6) is 0 Å². The highest BCUT2D eigenvalue weighted by molar-refractivity contribution is 5.96. The highest BCUT2D eigenvalue weighted by Gasteiger charge is 2.41. The van der Waals surface area contributed by atoms with Crippen LogP contribution in [0.4, 0.5) is 11.4 Å². The van der Waals surface area contributed by atoms with Crippen molar-refractivity contribution >= 4 is 17.3 Å². The van der Waals surface area contributed by atoms with Gasteiger partial charge in [-0.3, -0.25) is 4.79 Å². The highest BCUT2D eigenvalue weighted by atomic mass is 16.2. The number of benzene rings is 1. The van der Waals surface area contributed by atoms with Crippen LogP contribution in [-0.2, 0) is 4.79 Å². The van der Waals surface area contributed by atoms with Crippen molar-refractivity contribution in [1.29, 1.82) is 0 Å². The van der Waals surface area contributed by atoms with Gasteiger partial charge in [0.05, 0.1) is 11.4 Å². The van der Waals surface area contributed by atoms with E-state index in [4.69, 9.17) is 5.73 Å². The summed E-state index contributed by atoms with van der Waals surface area (Å²) < 4.78 is 0. The van der Waals surface area contributed by atoms with E-state index in [2.05, 4.69) is 21.6 Å². The van der Waals surface area contributed by atoms with Crippen molar-refractivity contribution in [1.82, 2.24) is 4.90 Å². The molecule has 0 spiro atoms. The lowest BCUT2D eigenvalue weighted by Gasteiger charge is -2.27. The van der Waals surface area contributed by atoms with Gasteiger partial charge in [0.25, 0.3) is 5.91 Å². The van der Waals surface area contributed by atoms with Gasteiger partial charge in [-0.15, -0.1) is 0 Å². The van der Waals surface area contributed by atoms with Gasteiger partial charge in [0.15, 0.2) is 5.66 Å². The van der Waals surface area contributed by atoms with E-state index in [-0.39, 0.29) is 5.91 Å². The fraction of sp³-hybridized carbons (Fsp3) is 0.462. The summed E-state index contributed by atoms with van der Waals surface area (Å²) in [5.41, 5.74) is 6.45. The van der Waals surface area contributed by atoms with E-state index in [1.807, 2.05) is 32.3 Å². The molecule has 1 heterocycles. The second-order valence-corrected chi connectivity index (χ2v) is 4.90. The number of hydrogen-bond donors (Lipinski definition) is 3. The van der Waals surface area contributed by atoms with Crippen LogP contribution < -0.4 is 16.4 Å². The molecule has 1 atom stereocenters. The van der Waals surface area contributed by atoms with Crippen molar-refractivity contribution < 1.29 is 4.79 Å². The zero-order chi connectivity index (χ0) is 13.2. The fourth-order valence-electron chi connectivity index (χ4n) is 2.17. The van der Waals surface area contributed by atoms with Gasteiger partial charge in [0.1, 0.15) is 0 Å². The van der Waals surface area contributed by atoms with Crippen LogP contribution in [0.2, 0.25) is 0 Å². The molecule has 1 aromatic rings. The van der Waals surface area contributed by atoms with Crippen LogP contribution in [0.1, 0.15) is 12.8 Å². The number of fused-ring (bicyclic) bond motifs is 1. The average Bonchev–Trinajstić information content (AvgIpc) is 2.68. The van der Waals surface area contributed by atoms with Crippen molar-refractivity contribution in [3.05, 3.63) is 24.3 Å². The first-order chi connectivity index (χ1) is 8.53. The van der Waals surface area contributed by atoms with Crippen LogP contribution in [0.15, 0.2) is 18.2 Å². The lowest BCUT2D eigenvalue weighted by molar-refractivity contribution is -0.121. The van der Waals surface area contributed by atoms with Gasteiger partial charge in [0, 0.05) is 0 Å². The van der Waals surface area contributed by atoms with E-state index in [1.165, 1.54) is 0 Å². The lowest BCUT2D eigenvalue weighted by atomic mass is 10.0. The number of carbonyl (C=O) groups excluding carboxylic acids is 1. The number of nitrogens with two attached hydrogens (primary N) is 1. The molecule has 1 aliphatic rings. The minimum atomic E-state index is -0.868. The molecule has 2 rings (SSSR count). The quantitative estimate of drug-likeness (QED) is 0.721. The van der Waals surface area contributed by atoms with Gasteiger partial charge in [-0.25, -0.2) is 0 Å². The molecular weight excluding hydrogens is 228 g/mol. The van der Waals surface area contributed by atoms with E-state index in [0.29, 0.717) is 6.42 Å². The average molecular weight is 247 g/mol. The predicted octanol–water partition coefficient (Wildman–Crippen LogP) is 0.848. The van der Waals surface area contributed by atoms with Gasteiger partial charge in [-0.1, -0.05) is 6.07 Å². The second kappa shape index (κ2) is 4.86. The third kappa shape index (κ3) is 2.41. The predicted molar refractivity (Wildman–Crippen MR) is 72.2 cm³/mol. The van der Waals surface area contributed by atoms with Gasteiger partial charge < -0.3 is 21.3 Å². The molecule has 1 unspecified atom stereocenters. The van der Waals surface area contributed by atoms with Gasteiger partial charge >= 0.3 is 0 Å².